The Morgan fingerprint density at radius 1 is 0.857 bits per heavy atom. The van der Waals surface area contributed by atoms with E-state index in [-0.39, 0.29) is 56.2 Å². The molecule has 0 saturated carbocycles. The predicted molar refractivity (Wildman–Crippen MR) is 181 cm³/mol. The molecule has 4 aromatic rings. The number of ether oxygens (including phenoxy) is 1. The second kappa shape index (κ2) is 18.4. The van der Waals surface area contributed by atoms with E-state index in [4.69, 9.17) is 15.2 Å². The number of unbranched alkanes of at least 4 members (excludes halogenated alkanes) is 1. The normalized spacial score (nSPS) is 12.7. The summed E-state index contributed by atoms with van der Waals surface area (Å²) in [5.41, 5.74) is 4.70. The predicted octanol–water partition coefficient (Wildman–Crippen LogP) is 6.56. The molecular formula is C37H44FN3O8. The van der Waals surface area contributed by atoms with Crippen molar-refractivity contribution in [2.45, 2.75) is 70.6 Å². The zero-order chi connectivity index (χ0) is 35.3. The highest BCUT2D eigenvalue weighted by Gasteiger charge is 2.31. The lowest BCUT2D eigenvalue weighted by Crippen LogP contribution is -2.23. The number of hydrogen-bond donors (Lipinski definition) is 5. The number of anilines is 1. The smallest absolute Gasteiger partial charge is 0.308 e. The molecule has 1 aromatic heterocycles. The first-order chi connectivity index (χ1) is 23.5. The topological polar surface area (TPSA) is 154 Å². The maximum Gasteiger partial charge on any atom is 0.308 e. The number of hydrogen-bond acceptors (Lipinski definition) is 9. The molecule has 49 heavy (non-hydrogen) atoms. The summed E-state index contributed by atoms with van der Waals surface area (Å²) >= 11 is 0. The summed E-state index contributed by atoms with van der Waals surface area (Å²) in [4.78, 5) is 30.8. The molecule has 262 valence electrons. The Hall–Kier alpha value is -4.43. The van der Waals surface area contributed by atoms with Crippen LogP contribution in [0.25, 0.3) is 22.4 Å². The van der Waals surface area contributed by atoms with Crippen LogP contribution >= 0.6 is 0 Å². The van der Waals surface area contributed by atoms with E-state index in [0.717, 1.165) is 11.3 Å². The van der Waals surface area contributed by atoms with Gasteiger partial charge in [0.15, 0.2) is 0 Å². The molecule has 0 bridgehead atoms. The van der Waals surface area contributed by atoms with Gasteiger partial charge in [0.05, 0.1) is 48.5 Å². The monoisotopic (exact) mass is 677 g/mol. The van der Waals surface area contributed by atoms with E-state index in [1.807, 2.05) is 79.1 Å². The molecule has 0 aliphatic heterocycles. The van der Waals surface area contributed by atoms with Crippen molar-refractivity contribution in [2.75, 3.05) is 18.5 Å². The first-order valence-electron chi connectivity index (χ1n) is 16.3. The number of nitrogens with zero attached hydrogens (tertiary/aromatic N) is 2. The summed E-state index contributed by atoms with van der Waals surface area (Å²) < 4.78 is 21.3. The highest BCUT2D eigenvalue weighted by molar-refractivity contribution is 6.12. The lowest BCUT2D eigenvalue weighted by atomic mass is 9.94. The number of aliphatic hydroxyl groups is 2. The van der Waals surface area contributed by atoms with Crippen molar-refractivity contribution >= 4 is 17.6 Å². The standard InChI is InChI=1S/C37H44FN3O8/c1-25(2)35-34(37(45)39-29-13-7-4-8-14-29)33(26-11-5-3-6-12-26)36(27-15-17-28(38)18-16-27)40(35)20-19-30(42)23-31(43)24-32(44)48-21-9-10-22-49-41(46)47/h3-8,11-18,25,30-31,42-43,46-47H,9-10,19-24H2,1-2H3,(H,39,45)/t30-,31-/m1/s1. The van der Waals surface area contributed by atoms with E-state index < -0.39 is 24.0 Å². The van der Waals surface area contributed by atoms with Crippen molar-refractivity contribution in [1.29, 1.82) is 0 Å². The molecule has 1 heterocycles. The Balaban J connectivity index is 1.60. The van der Waals surface area contributed by atoms with Crippen molar-refractivity contribution in [3.8, 4) is 22.4 Å². The molecule has 0 unspecified atom stereocenters. The number of aliphatic hydroxyl groups excluding tert-OH is 2. The number of nitrogens with one attached hydrogen (secondary N) is 1. The van der Waals surface area contributed by atoms with Gasteiger partial charge in [0.1, 0.15) is 5.82 Å². The molecule has 0 aliphatic rings. The maximum atomic E-state index is 14.2. The average Bonchev–Trinajstić information content (AvgIpc) is 3.42. The molecule has 12 heteroatoms. The van der Waals surface area contributed by atoms with Gasteiger partial charge in [0.25, 0.3) is 5.91 Å². The Morgan fingerprint density at radius 3 is 2.12 bits per heavy atom. The second-order valence-electron chi connectivity index (χ2n) is 12.0. The van der Waals surface area contributed by atoms with Crippen LogP contribution in [0.3, 0.4) is 0 Å². The first-order valence-corrected chi connectivity index (χ1v) is 16.3. The fourth-order valence-corrected chi connectivity index (χ4v) is 5.79. The number of carbonyl (C=O) groups excluding carboxylic acids is 2. The molecule has 11 nitrogen and oxygen atoms in total. The molecule has 0 spiro atoms. The maximum absolute atomic E-state index is 14.2. The summed E-state index contributed by atoms with van der Waals surface area (Å²) in [5.74, 6) is -1.46. The molecule has 5 N–H and O–H groups in total. The van der Waals surface area contributed by atoms with Crippen molar-refractivity contribution in [1.82, 2.24) is 9.96 Å². The van der Waals surface area contributed by atoms with Gasteiger partial charge in [-0.1, -0.05) is 62.4 Å². The number of aromatic nitrogens is 1. The largest absolute Gasteiger partial charge is 0.466 e. The minimum Gasteiger partial charge on any atom is -0.466 e. The van der Waals surface area contributed by atoms with Gasteiger partial charge in [-0.25, -0.2) is 4.39 Å². The first kappa shape index (κ1) is 37.4. The molecule has 0 aliphatic carbocycles. The minimum atomic E-state index is -1.15. The molecule has 3 aromatic carbocycles. The summed E-state index contributed by atoms with van der Waals surface area (Å²) in [5, 5.41) is 41.3. The van der Waals surface area contributed by atoms with E-state index >= 15 is 0 Å². The lowest BCUT2D eigenvalue weighted by molar-refractivity contribution is -0.492. The number of halogens is 1. The van der Waals surface area contributed by atoms with Crippen molar-refractivity contribution in [3.63, 3.8) is 0 Å². The number of rotatable bonds is 18. The van der Waals surface area contributed by atoms with E-state index in [1.165, 1.54) is 12.1 Å². The van der Waals surface area contributed by atoms with Gasteiger partial charge >= 0.3 is 5.97 Å². The molecule has 2 atom stereocenters. The quantitative estimate of drug-likeness (QED) is 0.0447. The highest BCUT2D eigenvalue weighted by Crippen LogP contribution is 2.42. The zero-order valence-corrected chi connectivity index (χ0v) is 27.7. The third-order valence-corrected chi connectivity index (χ3v) is 7.93. The van der Waals surface area contributed by atoms with Crippen LogP contribution in [0.2, 0.25) is 0 Å². The van der Waals surface area contributed by atoms with Gasteiger partial charge in [-0.15, -0.1) is 0 Å². The number of carbonyl (C=O) groups is 2. The van der Waals surface area contributed by atoms with Gasteiger partial charge in [0.2, 0.25) is 0 Å². The van der Waals surface area contributed by atoms with Crippen LogP contribution in [0.4, 0.5) is 10.1 Å². The van der Waals surface area contributed by atoms with E-state index in [1.54, 1.807) is 12.1 Å². The van der Waals surface area contributed by atoms with Crippen LogP contribution < -0.4 is 5.32 Å². The number of amides is 1. The summed E-state index contributed by atoms with van der Waals surface area (Å²) in [6, 6.07) is 24.8. The fraction of sp³-hybridized carbons (Fsp3) is 0.351. The fourth-order valence-electron chi connectivity index (χ4n) is 5.79. The highest BCUT2D eigenvalue weighted by atomic mass is 19.1. The van der Waals surface area contributed by atoms with Crippen LogP contribution in [0.5, 0.6) is 0 Å². The average molecular weight is 678 g/mol. The minimum absolute atomic E-state index is 0.0220. The SMILES string of the molecule is CC(C)c1c(C(=O)Nc2ccccc2)c(-c2ccccc2)c(-c2ccc(F)cc2)n1CC[C@@H](O)C[C@@H](O)CC(=O)OCCCCON(O)O. The van der Waals surface area contributed by atoms with Crippen LogP contribution in [0.15, 0.2) is 84.9 Å². The van der Waals surface area contributed by atoms with Gasteiger partial charge in [-0.2, -0.15) is 0 Å². The number of esters is 1. The Labute approximate surface area is 285 Å². The molecule has 0 radical (unpaired) electrons. The Morgan fingerprint density at radius 2 is 1.49 bits per heavy atom. The molecule has 0 fully saturated rings. The van der Waals surface area contributed by atoms with Crippen LogP contribution in [0.1, 0.15) is 67.9 Å². The lowest BCUT2D eigenvalue weighted by Gasteiger charge is -2.20. The van der Waals surface area contributed by atoms with Crippen LogP contribution in [-0.2, 0) is 20.9 Å². The summed E-state index contributed by atoms with van der Waals surface area (Å²) in [6.07, 6.45) is -1.52. The van der Waals surface area contributed by atoms with Crippen molar-refractivity contribution in [2.24, 2.45) is 0 Å². The molecule has 1 amide bonds. The molecular weight excluding hydrogens is 633 g/mol. The van der Waals surface area contributed by atoms with Crippen LogP contribution in [-0.4, -0.2) is 67.9 Å². The molecule has 0 saturated heterocycles. The summed E-state index contributed by atoms with van der Waals surface area (Å²) in [7, 11) is 0. The Kier molecular flexibility index (Phi) is 14.0. The third-order valence-electron chi connectivity index (χ3n) is 7.93. The van der Waals surface area contributed by atoms with Crippen molar-refractivity contribution in [3.05, 3.63) is 102 Å². The van der Waals surface area contributed by atoms with Gasteiger partial charge in [0, 0.05) is 23.5 Å². The van der Waals surface area contributed by atoms with Crippen molar-refractivity contribution < 1.29 is 44.2 Å². The van der Waals surface area contributed by atoms with Crippen LogP contribution in [0, 0.1) is 5.82 Å². The Bertz CT molecular complexity index is 1630. The molecule has 4 rings (SSSR count). The second-order valence-corrected chi connectivity index (χ2v) is 12.0. The van der Waals surface area contributed by atoms with Gasteiger partial charge in [-0.05, 0) is 79.1 Å². The zero-order valence-electron chi connectivity index (χ0n) is 27.7. The summed E-state index contributed by atoms with van der Waals surface area (Å²) in [6.45, 7) is 4.32. The third kappa shape index (κ3) is 10.8. The van der Waals surface area contributed by atoms with E-state index in [9.17, 15) is 24.2 Å². The van der Waals surface area contributed by atoms with Gasteiger partial charge in [-0.3, -0.25) is 24.8 Å². The number of benzene rings is 3. The van der Waals surface area contributed by atoms with E-state index in [2.05, 4.69) is 10.2 Å². The number of para-hydroxylation sites is 1. The van der Waals surface area contributed by atoms with E-state index in [0.29, 0.717) is 40.9 Å². The van der Waals surface area contributed by atoms with Gasteiger partial charge < -0.3 is 24.8 Å².